The highest BCUT2D eigenvalue weighted by molar-refractivity contribution is 7.89. The zero-order valence-electron chi connectivity index (χ0n) is 11.1. The van der Waals surface area contributed by atoms with E-state index >= 15 is 0 Å². The lowest BCUT2D eigenvalue weighted by Gasteiger charge is -2.06. The molecule has 0 aliphatic carbocycles. The van der Waals surface area contributed by atoms with E-state index in [9.17, 15) is 18.0 Å². The number of hydrogen-bond donors (Lipinski definition) is 3. The highest BCUT2D eigenvalue weighted by Gasteiger charge is 2.30. The molecule has 1 amide bonds. The minimum Gasteiger partial charge on any atom is -0.478 e. The highest BCUT2D eigenvalue weighted by Crippen LogP contribution is 2.26. The number of aryl methyl sites for hydroxylation is 2. The monoisotopic (exact) mass is 304 g/mol. The first kappa shape index (κ1) is 16.2. The molecule has 0 unspecified atom stereocenters. The average molecular weight is 304 g/mol. The molecule has 1 aromatic heterocycles. The first-order valence-electron chi connectivity index (χ1n) is 5.78. The third kappa shape index (κ3) is 3.58. The third-order valence-electron chi connectivity index (χ3n) is 2.58. The SMILES string of the molecule is Cc1oc(C)c(S(=O)(=O)NCCCC(N)=O)c1C(=O)O. The van der Waals surface area contributed by atoms with Crippen LogP contribution in [0, 0.1) is 13.8 Å². The maximum Gasteiger partial charge on any atom is 0.340 e. The van der Waals surface area contributed by atoms with Gasteiger partial charge in [-0.15, -0.1) is 0 Å². The second kappa shape index (κ2) is 6.06. The third-order valence-corrected chi connectivity index (χ3v) is 4.19. The van der Waals surface area contributed by atoms with Gasteiger partial charge >= 0.3 is 5.97 Å². The van der Waals surface area contributed by atoms with Crippen molar-refractivity contribution in [2.45, 2.75) is 31.6 Å². The Morgan fingerprint density at radius 3 is 2.40 bits per heavy atom. The van der Waals surface area contributed by atoms with Gasteiger partial charge in [0.1, 0.15) is 22.0 Å². The predicted octanol–water partition coefficient (Wildman–Crippen LogP) is 0.138. The molecule has 0 fully saturated rings. The second-order valence-electron chi connectivity index (χ2n) is 4.19. The van der Waals surface area contributed by atoms with Gasteiger partial charge < -0.3 is 15.3 Å². The van der Waals surface area contributed by atoms with Crippen molar-refractivity contribution in [3.63, 3.8) is 0 Å². The number of rotatable bonds is 7. The number of carbonyl (C=O) groups excluding carboxylic acids is 1. The molecule has 9 heteroatoms. The first-order chi connectivity index (χ1) is 9.16. The minimum absolute atomic E-state index is 0.00213. The fraction of sp³-hybridized carbons (Fsp3) is 0.455. The molecule has 1 aromatic rings. The molecule has 20 heavy (non-hydrogen) atoms. The maximum atomic E-state index is 12.1. The van der Waals surface area contributed by atoms with E-state index in [0.717, 1.165) is 0 Å². The van der Waals surface area contributed by atoms with Crippen molar-refractivity contribution in [1.82, 2.24) is 4.72 Å². The molecular weight excluding hydrogens is 288 g/mol. The van der Waals surface area contributed by atoms with Gasteiger partial charge in [0.15, 0.2) is 0 Å². The van der Waals surface area contributed by atoms with E-state index in [1.165, 1.54) is 13.8 Å². The summed E-state index contributed by atoms with van der Waals surface area (Å²) in [6.45, 7) is 2.73. The summed E-state index contributed by atoms with van der Waals surface area (Å²) in [6, 6.07) is 0. The number of aromatic carboxylic acids is 1. The van der Waals surface area contributed by atoms with E-state index in [2.05, 4.69) is 4.72 Å². The van der Waals surface area contributed by atoms with Gasteiger partial charge in [-0.3, -0.25) is 4.79 Å². The van der Waals surface area contributed by atoms with Gasteiger partial charge in [-0.1, -0.05) is 0 Å². The maximum absolute atomic E-state index is 12.1. The Bertz CT molecular complexity index is 632. The summed E-state index contributed by atoms with van der Waals surface area (Å²) < 4.78 is 31.5. The summed E-state index contributed by atoms with van der Waals surface area (Å²) >= 11 is 0. The Morgan fingerprint density at radius 1 is 1.30 bits per heavy atom. The van der Waals surface area contributed by atoms with Crippen LogP contribution in [0.4, 0.5) is 0 Å². The van der Waals surface area contributed by atoms with Gasteiger partial charge in [0.25, 0.3) is 0 Å². The lowest BCUT2D eigenvalue weighted by atomic mass is 10.2. The van der Waals surface area contributed by atoms with Crippen LogP contribution < -0.4 is 10.5 Å². The number of sulfonamides is 1. The molecule has 8 nitrogen and oxygen atoms in total. The van der Waals surface area contributed by atoms with Crippen molar-refractivity contribution in [2.75, 3.05) is 6.54 Å². The second-order valence-corrected chi connectivity index (χ2v) is 5.90. The lowest BCUT2D eigenvalue weighted by molar-refractivity contribution is -0.118. The number of nitrogens with two attached hydrogens (primary N) is 1. The average Bonchev–Trinajstić information content (AvgIpc) is 2.60. The molecule has 0 aromatic carbocycles. The van der Waals surface area contributed by atoms with Crippen molar-refractivity contribution < 1.29 is 27.5 Å². The van der Waals surface area contributed by atoms with Crippen LogP contribution in [0.5, 0.6) is 0 Å². The Kier molecular flexibility index (Phi) is 4.90. The molecule has 112 valence electrons. The standard InChI is InChI=1S/C11H16N2O6S/c1-6-9(11(15)16)10(7(2)19-6)20(17,18)13-5-3-4-8(12)14/h13H,3-5H2,1-2H3,(H2,12,14)(H,15,16). The zero-order valence-corrected chi connectivity index (χ0v) is 11.9. The molecule has 1 rings (SSSR count). The first-order valence-corrected chi connectivity index (χ1v) is 7.26. The number of primary amides is 1. The topological polar surface area (TPSA) is 140 Å². The predicted molar refractivity (Wildman–Crippen MR) is 68.8 cm³/mol. The van der Waals surface area contributed by atoms with Gasteiger partial charge in [-0.25, -0.2) is 17.9 Å². The van der Waals surface area contributed by atoms with E-state index in [4.69, 9.17) is 15.3 Å². The molecule has 0 atom stereocenters. The number of carbonyl (C=O) groups is 2. The zero-order chi connectivity index (χ0) is 15.5. The van der Waals surface area contributed by atoms with Crippen LogP contribution in [0.1, 0.15) is 34.7 Å². The number of carboxylic acid groups (broad SMARTS) is 1. The molecule has 0 saturated heterocycles. The van der Waals surface area contributed by atoms with Crippen molar-refractivity contribution in [2.24, 2.45) is 5.73 Å². The van der Waals surface area contributed by atoms with Crippen LogP contribution in [0.3, 0.4) is 0 Å². The minimum atomic E-state index is -4.02. The van der Waals surface area contributed by atoms with Gasteiger partial charge in [0.05, 0.1) is 0 Å². The molecule has 0 spiro atoms. The van der Waals surface area contributed by atoms with Crippen molar-refractivity contribution in [1.29, 1.82) is 0 Å². The van der Waals surface area contributed by atoms with Crippen LogP contribution in [0.25, 0.3) is 0 Å². The number of carboxylic acids is 1. The highest BCUT2D eigenvalue weighted by atomic mass is 32.2. The van der Waals surface area contributed by atoms with Gasteiger partial charge in [0.2, 0.25) is 15.9 Å². The Morgan fingerprint density at radius 2 is 1.90 bits per heavy atom. The Labute approximate surface area is 116 Å². The smallest absolute Gasteiger partial charge is 0.340 e. The Hall–Kier alpha value is -1.87. The van der Waals surface area contributed by atoms with Crippen molar-refractivity contribution >= 4 is 21.9 Å². The molecule has 0 aliphatic rings. The molecule has 0 saturated carbocycles. The summed E-state index contributed by atoms with van der Waals surface area (Å²) in [7, 11) is -4.02. The van der Waals surface area contributed by atoms with Crippen LogP contribution in [-0.2, 0) is 14.8 Å². The summed E-state index contributed by atoms with van der Waals surface area (Å²) in [5, 5.41) is 9.05. The number of nitrogens with one attached hydrogen (secondary N) is 1. The van der Waals surface area contributed by atoms with E-state index < -0.39 is 21.9 Å². The lowest BCUT2D eigenvalue weighted by Crippen LogP contribution is -2.27. The molecule has 1 heterocycles. The number of amides is 1. The summed E-state index contributed by atoms with van der Waals surface area (Å²) in [5.41, 5.74) is 4.55. The van der Waals surface area contributed by atoms with Crippen LogP contribution in [-0.4, -0.2) is 31.9 Å². The fourth-order valence-electron chi connectivity index (χ4n) is 1.78. The summed E-state index contributed by atoms with van der Waals surface area (Å²) in [6.07, 6.45) is 0.268. The van der Waals surface area contributed by atoms with Crippen molar-refractivity contribution in [3.05, 3.63) is 17.1 Å². The molecule has 0 radical (unpaired) electrons. The molecule has 0 aliphatic heterocycles. The normalized spacial score (nSPS) is 11.5. The van der Waals surface area contributed by atoms with Gasteiger partial charge in [-0.2, -0.15) is 0 Å². The quantitative estimate of drug-likeness (QED) is 0.612. The largest absolute Gasteiger partial charge is 0.478 e. The molecular formula is C11H16N2O6S. The van der Waals surface area contributed by atoms with E-state index in [0.29, 0.717) is 0 Å². The molecule has 4 N–H and O–H groups in total. The van der Waals surface area contributed by atoms with Gasteiger partial charge in [-0.05, 0) is 20.3 Å². The van der Waals surface area contributed by atoms with Crippen LogP contribution in [0.2, 0.25) is 0 Å². The van der Waals surface area contributed by atoms with Gasteiger partial charge in [0, 0.05) is 13.0 Å². The van der Waals surface area contributed by atoms with Crippen molar-refractivity contribution in [3.8, 4) is 0 Å². The van der Waals surface area contributed by atoms with Crippen LogP contribution in [0.15, 0.2) is 9.31 Å². The number of furan rings is 1. The van der Waals surface area contributed by atoms with Crippen LogP contribution >= 0.6 is 0 Å². The van der Waals surface area contributed by atoms with E-state index in [-0.39, 0.29) is 41.4 Å². The van der Waals surface area contributed by atoms with E-state index in [1.54, 1.807) is 0 Å². The summed E-state index contributed by atoms with van der Waals surface area (Å²) in [5.74, 6) is -1.89. The number of hydrogen-bond acceptors (Lipinski definition) is 5. The fourth-order valence-corrected chi connectivity index (χ4v) is 3.25. The molecule has 0 bridgehead atoms. The summed E-state index contributed by atoms with van der Waals surface area (Å²) in [4.78, 5) is 21.3. The van der Waals surface area contributed by atoms with E-state index in [1.807, 2.05) is 0 Å². The Balaban J connectivity index is 2.98.